The topological polar surface area (TPSA) is 59.1 Å². The second-order valence-corrected chi connectivity index (χ2v) is 6.25. The van der Waals surface area contributed by atoms with Crippen LogP contribution in [0.25, 0.3) is 6.08 Å². The molecule has 1 fully saturated rings. The van der Waals surface area contributed by atoms with Crippen LogP contribution in [0, 0.1) is 0 Å². The Morgan fingerprint density at radius 2 is 1.75 bits per heavy atom. The fourth-order valence-corrected chi connectivity index (χ4v) is 2.82. The molecular formula is C16H17BrN2O4S. The predicted octanol–water partition coefficient (Wildman–Crippen LogP) is 2.46. The lowest BCUT2D eigenvalue weighted by atomic mass is 10.1. The van der Waals surface area contributed by atoms with E-state index in [0.717, 1.165) is 0 Å². The molecule has 0 radical (unpaired) electrons. The number of carbonyl (C=O) groups excluding carboxylic acids is 2. The lowest BCUT2D eigenvalue weighted by Gasteiger charge is -2.31. The molecule has 24 heavy (non-hydrogen) atoms. The summed E-state index contributed by atoms with van der Waals surface area (Å²) in [5.74, 6) is 0.207. The molecule has 0 aromatic heterocycles. The summed E-state index contributed by atoms with van der Waals surface area (Å²) in [6.07, 6.45) is 1.52. The molecule has 1 aromatic rings. The third kappa shape index (κ3) is 3.29. The molecule has 0 aliphatic carbocycles. The van der Waals surface area contributed by atoms with Gasteiger partial charge in [-0.15, -0.1) is 0 Å². The second kappa shape index (κ2) is 7.31. The van der Waals surface area contributed by atoms with E-state index in [9.17, 15) is 9.59 Å². The highest BCUT2D eigenvalue weighted by Crippen LogP contribution is 2.35. The van der Waals surface area contributed by atoms with Crippen LogP contribution in [-0.4, -0.2) is 54.5 Å². The highest BCUT2D eigenvalue weighted by molar-refractivity contribution is 9.10. The number of benzene rings is 1. The fraction of sp³-hybridized carbons (Fsp3) is 0.312. The standard InChI is InChI=1S/C16H17BrN2O4S/c1-5-23-13-7-9(11(17)8-12(13)22-4)6-10-14(20)18(2)16(24)19(3)15(10)21/h6-8H,5H2,1-4H3. The minimum atomic E-state index is -0.441. The zero-order valence-electron chi connectivity index (χ0n) is 13.8. The van der Waals surface area contributed by atoms with Crippen molar-refractivity contribution < 1.29 is 19.1 Å². The van der Waals surface area contributed by atoms with Gasteiger partial charge in [0.1, 0.15) is 5.57 Å². The number of halogens is 1. The average Bonchev–Trinajstić information content (AvgIpc) is 2.57. The molecule has 1 aliphatic heterocycles. The first-order valence-electron chi connectivity index (χ1n) is 7.13. The summed E-state index contributed by atoms with van der Waals surface area (Å²) in [4.78, 5) is 27.3. The zero-order valence-corrected chi connectivity index (χ0v) is 16.2. The third-order valence-corrected chi connectivity index (χ3v) is 4.76. The van der Waals surface area contributed by atoms with Crippen molar-refractivity contribution in [3.05, 3.63) is 27.7 Å². The van der Waals surface area contributed by atoms with Crippen molar-refractivity contribution in [1.29, 1.82) is 0 Å². The summed E-state index contributed by atoms with van der Waals surface area (Å²) < 4.78 is 11.5. The first kappa shape index (κ1) is 18.4. The molecule has 0 bridgehead atoms. The summed E-state index contributed by atoms with van der Waals surface area (Å²) in [6, 6.07) is 3.44. The Kier molecular flexibility index (Phi) is 5.61. The first-order chi connectivity index (χ1) is 11.3. The van der Waals surface area contributed by atoms with Crippen LogP contribution in [0.4, 0.5) is 0 Å². The van der Waals surface area contributed by atoms with Gasteiger partial charge < -0.3 is 9.47 Å². The van der Waals surface area contributed by atoms with Crippen molar-refractivity contribution >= 4 is 51.2 Å². The summed E-state index contributed by atoms with van der Waals surface area (Å²) in [6.45, 7) is 2.32. The largest absolute Gasteiger partial charge is 0.493 e. The molecule has 0 saturated carbocycles. The van der Waals surface area contributed by atoms with E-state index in [1.54, 1.807) is 19.2 Å². The summed E-state index contributed by atoms with van der Waals surface area (Å²) in [7, 11) is 4.62. The summed E-state index contributed by atoms with van der Waals surface area (Å²) in [5.41, 5.74) is 0.660. The number of amides is 2. The average molecular weight is 413 g/mol. The predicted molar refractivity (Wildman–Crippen MR) is 98.0 cm³/mol. The molecule has 1 saturated heterocycles. The van der Waals surface area contributed by atoms with E-state index in [0.29, 0.717) is 28.1 Å². The highest BCUT2D eigenvalue weighted by atomic mass is 79.9. The SMILES string of the molecule is CCOc1cc(C=C2C(=O)N(C)C(=S)N(C)C2=O)c(Br)cc1OC. The van der Waals surface area contributed by atoms with Gasteiger partial charge in [-0.05, 0) is 42.9 Å². The van der Waals surface area contributed by atoms with Crippen molar-refractivity contribution in [2.24, 2.45) is 0 Å². The van der Waals surface area contributed by atoms with Gasteiger partial charge in [-0.3, -0.25) is 19.4 Å². The molecule has 128 valence electrons. The van der Waals surface area contributed by atoms with Gasteiger partial charge in [0, 0.05) is 18.6 Å². The summed E-state index contributed by atoms with van der Waals surface area (Å²) >= 11 is 8.50. The van der Waals surface area contributed by atoms with Crippen LogP contribution in [0.2, 0.25) is 0 Å². The molecule has 1 heterocycles. The molecule has 0 unspecified atom stereocenters. The van der Waals surface area contributed by atoms with E-state index < -0.39 is 11.8 Å². The van der Waals surface area contributed by atoms with Crippen LogP contribution in [0.15, 0.2) is 22.2 Å². The Morgan fingerprint density at radius 1 is 1.17 bits per heavy atom. The van der Waals surface area contributed by atoms with Gasteiger partial charge >= 0.3 is 0 Å². The maximum absolute atomic E-state index is 12.4. The van der Waals surface area contributed by atoms with Gasteiger partial charge in [-0.2, -0.15) is 0 Å². The summed E-state index contributed by atoms with van der Waals surface area (Å²) in [5, 5.41) is 0.172. The lowest BCUT2D eigenvalue weighted by molar-refractivity contribution is -0.132. The highest BCUT2D eigenvalue weighted by Gasteiger charge is 2.35. The minimum absolute atomic E-state index is 0.0296. The van der Waals surface area contributed by atoms with Gasteiger partial charge in [-0.1, -0.05) is 15.9 Å². The number of methoxy groups -OCH3 is 1. The number of hydrogen-bond acceptors (Lipinski definition) is 5. The Morgan fingerprint density at radius 3 is 2.25 bits per heavy atom. The van der Waals surface area contributed by atoms with Crippen molar-refractivity contribution in [2.45, 2.75) is 6.92 Å². The van der Waals surface area contributed by atoms with Gasteiger partial charge in [0.2, 0.25) is 0 Å². The number of likely N-dealkylation sites (N-methyl/N-ethyl adjacent to an activating group) is 2. The second-order valence-electron chi connectivity index (χ2n) is 5.03. The Balaban J connectivity index is 2.53. The van der Waals surface area contributed by atoms with Gasteiger partial charge in [0.25, 0.3) is 11.8 Å². The Bertz CT molecular complexity index is 722. The molecule has 2 rings (SSSR count). The zero-order chi connectivity index (χ0) is 18.0. The van der Waals surface area contributed by atoms with Crippen LogP contribution < -0.4 is 9.47 Å². The molecule has 8 heteroatoms. The van der Waals surface area contributed by atoms with Crippen molar-refractivity contribution in [2.75, 3.05) is 27.8 Å². The van der Waals surface area contributed by atoms with Crippen LogP contribution >= 0.6 is 28.1 Å². The molecule has 1 aliphatic rings. The number of thiocarbonyl (C=S) groups is 1. The molecule has 0 atom stereocenters. The molecule has 2 amide bonds. The number of carbonyl (C=O) groups is 2. The van der Waals surface area contributed by atoms with E-state index in [2.05, 4.69) is 15.9 Å². The molecule has 6 nitrogen and oxygen atoms in total. The molecular weight excluding hydrogens is 396 g/mol. The van der Waals surface area contributed by atoms with E-state index in [1.807, 2.05) is 6.92 Å². The van der Waals surface area contributed by atoms with Crippen LogP contribution in [-0.2, 0) is 9.59 Å². The smallest absolute Gasteiger partial charge is 0.265 e. The first-order valence-corrected chi connectivity index (χ1v) is 8.34. The van der Waals surface area contributed by atoms with E-state index in [4.69, 9.17) is 21.7 Å². The molecule has 1 aromatic carbocycles. The van der Waals surface area contributed by atoms with Crippen molar-refractivity contribution in [1.82, 2.24) is 9.80 Å². The fourth-order valence-electron chi connectivity index (χ4n) is 2.22. The van der Waals surface area contributed by atoms with Crippen LogP contribution in [0.1, 0.15) is 12.5 Å². The molecule has 0 spiro atoms. The van der Waals surface area contributed by atoms with E-state index >= 15 is 0 Å². The maximum atomic E-state index is 12.4. The third-order valence-electron chi connectivity index (χ3n) is 3.53. The van der Waals surface area contributed by atoms with Gasteiger partial charge in [-0.25, -0.2) is 0 Å². The Hall–Kier alpha value is -1.93. The number of nitrogens with zero attached hydrogens (tertiary/aromatic N) is 2. The maximum Gasteiger partial charge on any atom is 0.265 e. The normalized spacial score (nSPS) is 15.0. The lowest BCUT2D eigenvalue weighted by Crippen LogP contribution is -2.52. The number of hydrogen-bond donors (Lipinski definition) is 0. The van der Waals surface area contributed by atoms with E-state index in [-0.39, 0.29) is 10.7 Å². The van der Waals surface area contributed by atoms with Gasteiger partial charge in [0.15, 0.2) is 16.6 Å². The van der Waals surface area contributed by atoms with E-state index in [1.165, 1.54) is 30.0 Å². The van der Waals surface area contributed by atoms with Crippen molar-refractivity contribution in [3.63, 3.8) is 0 Å². The number of rotatable bonds is 4. The quantitative estimate of drug-likeness (QED) is 0.431. The van der Waals surface area contributed by atoms with Crippen molar-refractivity contribution in [3.8, 4) is 11.5 Å². The monoisotopic (exact) mass is 412 g/mol. The molecule has 0 N–H and O–H groups in total. The Labute approximate surface area is 154 Å². The number of ether oxygens (including phenoxy) is 2. The minimum Gasteiger partial charge on any atom is -0.493 e. The van der Waals surface area contributed by atoms with Crippen LogP contribution in [0.3, 0.4) is 0 Å². The van der Waals surface area contributed by atoms with Gasteiger partial charge in [0.05, 0.1) is 13.7 Å². The van der Waals surface area contributed by atoms with Crippen LogP contribution in [0.5, 0.6) is 11.5 Å².